The smallest absolute Gasteiger partial charge is 0.121 e. The van der Waals surface area contributed by atoms with Crippen molar-refractivity contribution in [3.8, 4) is 5.75 Å². The Morgan fingerprint density at radius 2 is 2.05 bits per heavy atom. The molecule has 0 N–H and O–H groups in total. The maximum absolute atomic E-state index is 6.17. The second-order valence-electron chi connectivity index (χ2n) is 4.51. The number of nitrogens with zero attached hydrogens (tertiary/aromatic N) is 1. The number of hydrogen-bond acceptors (Lipinski definition) is 2. The summed E-state index contributed by atoms with van der Waals surface area (Å²) < 4.78 is 6.48. The summed E-state index contributed by atoms with van der Waals surface area (Å²) in [5, 5.41) is 1.65. The fraction of sp³-hybridized carbons (Fsp3) is 0.400. The molecule has 0 aliphatic carbocycles. The lowest BCUT2D eigenvalue weighted by Gasteiger charge is -2.07. The van der Waals surface area contributed by atoms with Crippen LogP contribution >= 0.6 is 27.5 Å². The van der Waals surface area contributed by atoms with Crippen molar-refractivity contribution in [3.05, 3.63) is 33.9 Å². The van der Waals surface area contributed by atoms with E-state index < -0.39 is 0 Å². The van der Waals surface area contributed by atoms with E-state index in [1.807, 2.05) is 18.2 Å². The van der Waals surface area contributed by atoms with Crippen molar-refractivity contribution >= 4 is 38.4 Å². The monoisotopic (exact) mass is 341 g/mol. The minimum Gasteiger partial charge on any atom is -0.494 e. The SMILES string of the molecule is CCCCCCOc1ccc2c(Cl)cc(Br)nc2c1. The number of ether oxygens (including phenoxy) is 1. The van der Waals surface area contributed by atoms with E-state index in [0.717, 1.165) is 34.3 Å². The van der Waals surface area contributed by atoms with Crippen molar-refractivity contribution in [3.63, 3.8) is 0 Å². The van der Waals surface area contributed by atoms with Crippen LogP contribution in [0.1, 0.15) is 32.6 Å². The zero-order chi connectivity index (χ0) is 13.7. The molecule has 1 heterocycles. The van der Waals surface area contributed by atoms with Gasteiger partial charge in [-0.15, -0.1) is 0 Å². The van der Waals surface area contributed by atoms with Gasteiger partial charge in [0.05, 0.1) is 17.1 Å². The van der Waals surface area contributed by atoms with Gasteiger partial charge in [0, 0.05) is 11.5 Å². The third-order valence-corrected chi connectivity index (χ3v) is 3.69. The number of aromatic nitrogens is 1. The van der Waals surface area contributed by atoms with Crippen molar-refractivity contribution in [2.45, 2.75) is 32.6 Å². The highest BCUT2D eigenvalue weighted by Crippen LogP contribution is 2.28. The van der Waals surface area contributed by atoms with E-state index in [1.54, 1.807) is 6.07 Å². The fourth-order valence-electron chi connectivity index (χ4n) is 1.94. The molecule has 1 aromatic carbocycles. The zero-order valence-corrected chi connectivity index (χ0v) is 13.3. The molecular weight excluding hydrogens is 326 g/mol. The third kappa shape index (κ3) is 4.08. The predicted molar refractivity (Wildman–Crippen MR) is 84.1 cm³/mol. The highest BCUT2D eigenvalue weighted by Gasteiger charge is 2.04. The summed E-state index contributed by atoms with van der Waals surface area (Å²) >= 11 is 9.52. The Morgan fingerprint density at radius 3 is 2.84 bits per heavy atom. The summed E-state index contributed by atoms with van der Waals surface area (Å²) in [6.07, 6.45) is 4.83. The molecule has 4 heteroatoms. The van der Waals surface area contributed by atoms with E-state index in [2.05, 4.69) is 27.8 Å². The van der Waals surface area contributed by atoms with Crippen molar-refractivity contribution < 1.29 is 4.74 Å². The molecule has 102 valence electrons. The molecule has 0 fully saturated rings. The quantitative estimate of drug-likeness (QED) is 0.503. The number of unbranched alkanes of at least 4 members (excludes halogenated alkanes) is 3. The van der Waals surface area contributed by atoms with Gasteiger partial charge in [-0.05, 0) is 40.5 Å². The molecule has 1 aromatic heterocycles. The Morgan fingerprint density at radius 1 is 1.21 bits per heavy atom. The van der Waals surface area contributed by atoms with Crippen LogP contribution < -0.4 is 4.74 Å². The van der Waals surface area contributed by atoms with Crippen molar-refractivity contribution in [2.24, 2.45) is 0 Å². The van der Waals surface area contributed by atoms with Crippen molar-refractivity contribution in [1.82, 2.24) is 4.98 Å². The number of hydrogen-bond donors (Lipinski definition) is 0. The van der Waals surface area contributed by atoms with Crippen LogP contribution in [0.15, 0.2) is 28.9 Å². The molecule has 0 saturated carbocycles. The van der Waals surface area contributed by atoms with Crippen molar-refractivity contribution in [2.75, 3.05) is 6.61 Å². The molecular formula is C15H17BrClNO. The first-order valence-electron chi connectivity index (χ1n) is 6.59. The van der Waals surface area contributed by atoms with E-state index in [1.165, 1.54) is 19.3 Å². The Kier molecular flexibility index (Phi) is 5.46. The summed E-state index contributed by atoms with van der Waals surface area (Å²) in [5.41, 5.74) is 0.852. The fourth-order valence-corrected chi connectivity index (χ4v) is 2.76. The Hall–Kier alpha value is -0.800. The number of benzene rings is 1. The topological polar surface area (TPSA) is 22.1 Å². The van der Waals surface area contributed by atoms with E-state index >= 15 is 0 Å². The molecule has 0 amide bonds. The first-order chi connectivity index (χ1) is 9.20. The molecule has 0 atom stereocenters. The van der Waals surface area contributed by atoms with Gasteiger partial charge in [-0.2, -0.15) is 0 Å². The lowest BCUT2D eigenvalue weighted by Crippen LogP contribution is -1.97. The van der Waals surface area contributed by atoms with Crippen LogP contribution in [0, 0.1) is 0 Å². The van der Waals surface area contributed by atoms with Gasteiger partial charge in [0.1, 0.15) is 10.4 Å². The van der Waals surface area contributed by atoms with Gasteiger partial charge in [-0.1, -0.05) is 37.8 Å². The van der Waals surface area contributed by atoms with Gasteiger partial charge in [0.25, 0.3) is 0 Å². The van der Waals surface area contributed by atoms with Crippen LogP contribution in [0.3, 0.4) is 0 Å². The highest BCUT2D eigenvalue weighted by molar-refractivity contribution is 9.10. The normalized spacial score (nSPS) is 10.9. The van der Waals surface area contributed by atoms with Crippen LogP contribution in [-0.2, 0) is 0 Å². The molecule has 0 saturated heterocycles. The van der Waals surface area contributed by atoms with Crippen LogP contribution in [0.5, 0.6) is 5.75 Å². The Bertz CT molecular complexity index is 559. The standard InChI is InChI=1S/C15H17BrClNO/c1-2-3-4-5-8-19-11-6-7-12-13(17)10-15(16)18-14(12)9-11/h6-7,9-10H,2-5,8H2,1H3. The highest BCUT2D eigenvalue weighted by atomic mass is 79.9. The van der Waals surface area contributed by atoms with E-state index in [-0.39, 0.29) is 0 Å². The van der Waals surface area contributed by atoms with Gasteiger partial charge < -0.3 is 4.74 Å². The van der Waals surface area contributed by atoms with Gasteiger partial charge in [0.2, 0.25) is 0 Å². The number of halogens is 2. The average Bonchev–Trinajstić information content (AvgIpc) is 2.38. The Balaban J connectivity index is 2.05. The minimum absolute atomic E-state index is 0.700. The molecule has 2 nitrogen and oxygen atoms in total. The lowest BCUT2D eigenvalue weighted by atomic mass is 10.2. The summed E-state index contributed by atoms with van der Waals surface area (Å²) in [6.45, 7) is 2.96. The summed E-state index contributed by atoms with van der Waals surface area (Å²) in [4.78, 5) is 4.41. The molecule has 0 spiro atoms. The first kappa shape index (κ1) is 14.6. The number of pyridine rings is 1. The third-order valence-electron chi connectivity index (χ3n) is 2.97. The summed E-state index contributed by atoms with van der Waals surface area (Å²) in [6, 6.07) is 7.64. The largest absolute Gasteiger partial charge is 0.494 e. The summed E-state index contributed by atoms with van der Waals surface area (Å²) in [5.74, 6) is 0.852. The van der Waals surface area contributed by atoms with Gasteiger partial charge >= 0.3 is 0 Å². The van der Waals surface area contributed by atoms with Gasteiger partial charge in [-0.25, -0.2) is 4.98 Å². The summed E-state index contributed by atoms with van der Waals surface area (Å²) in [7, 11) is 0. The molecule has 0 aliphatic heterocycles. The number of rotatable bonds is 6. The van der Waals surface area contributed by atoms with Crippen LogP contribution in [-0.4, -0.2) is 11.6 Å². The lowest BCUT2D eigenvalue weighted by molar-refractivity contribution is 0.305. The maximum atomic E-state index is 6.17. The second kappa shape index (κ2) is 7.11. The Labute approximate surface area is 127 Å². The van der Waals surface area contributed by atoms with Gasteiger partial charge in [-0.3, -0.25) is 0 Å². The minimum atomic E-state index is 0.700. The van der Waals surface area contributed by atoms with Crippen molar-refractivity contribution in [1.29, 1.82) is 0 Å². The molecule has 0 unspecified atom stereocenters. The van der Waals surface area contributed by atoms with E-state index in [0.29, 0.717) is 5.02 Å². The maximum Gasteiger partial charge on any atom is 0.121 e. The molecule has 0 aliphatic rings. The van der Waals surface area contributed by atoms with E-state index in [4.69, 9.17) is 16.3 Å². The molecule has 2 aromatic rings. The average molecular weight is 343 g/mol. The molecule has 0 radical (unpaired) electrons. The molecule has 19 heavy (non-hydrogen) atoms. The molecule has 0 bridgehead atoms. The predicted octanol–water partition coefficient (Wildman–Crippen LogP) is 5.61. The van der Waals surface area contributed by atoms with Crippen LogP contribution in [0.2, 0.25) is 5.02 Å². The number of fused-ring (bicyclic) bond motifs is 1. The zero-order valence-electron chi connectivity index (χ0n) is 11.0. The van der Waals surface area contributed by atoms with Gasteiger partial charge in [0.15, 0.2) is 0 Å². The first-order valence-corrected chi connectivity index (χ1v) is 7.76. The van der Waals surface area contributed by atoms with E-state index in [9.17, 15) is 0 Å². The molecule has 2 rings (SSSR count). The van der Waals surface area contributed by atoms with Crippen LogP contribution in [0.25, 0.3) is 10.9 Å². The second-order valence-corrected chi connectivity index (χ2v) is 5.73. The van der Waals surface area contributed by atoms with Crippen LogP contribution in [0.4, 0.5) is 0 Å².